The summed E-state index contributed by atoms with van der Waals surface area (Å²) in [5.74, 6) is 0. The molecule has 0 amide bonds. The first-order chi connectivity index (χ1) is 5.36. The van der Waals surface area contributed by atoms with Crippen molar-refractivity contribution in [2.45, 2.75) is 6.92 Å². The maximum absolute atomic E-state index is 5.19. The number of anilines is 1. The Kier molecular flexibility index (Phi) is 1.55. The van der Waals surface area contributed by atoms with Crippen molar-refractivity contribution in [3.05, 3.63) is 29.8 Å². The van der Waals surface area contributed by atoms with Crippen molar-refractivity contribution in [2.75, 3.05) is 18.2 Å². The molecule has 1 aromatic carbocycles. The Morgan fingerprint density at radius 1 is 1.27 bits per heavy atom. The van der Waals surface area contributed by atoms with Gasteiger partial charge in [0.2, 0.25) is 0 Å². The fraction of sp³-hybridized carbons (Fsp3) is 0.333. The summed E-state index contributed by atoms with van der Waals surface area (Å²) in [6.45, 7) is 3.96. The van der Waals surface area contributed by atoms with E-state index < -0.39 is 0 Å². The second-order valence-electron chi connectivity index (χ2n) is 2.77. The van der Waals surface area contributed by atoms with Gasteiger partial charge in [0, 0.05) is 0 Å². The predicted molar refractivity (Wildman–Crippen MR) is 44.5 cm³/mol. The lowest BCUT2D eigenvalue weighted by molar-refractivity contribution is 0.0254. The van der Waals surface area contributed by atoms with Gasteiger partial charge in [0.25, 0.3) is 0 Å². The van der Waals surface area contributed by atoms with Crippen LogP contribution in [0.25, 0.3) is 0 Å². The summed E-state index contributed by atoms with van der Waals surface area (Å²) in [6, 6.07) is 8.34. The first kappa shape index (κ1) is 6.68. The maximum atomic E-state index is 5.19. The number of hydroxylamine groups is 1. The Balaban J connectivity index is 2.18. The van der Waals surface area contributed by atoms with Crippen molar-refractivity contribution in [3.63, 3.8) is 0 Å². The average Bonchev–Trinajstić information content (AvgIpc) is 1.90. The molecule has 0 aromatic heterocycles. The standard InChI is InChI=1S/C9H11NO/c1-8-2-4-9(5-3-8)10-6-7-11-10/h2-5H,6-7H2,1H3. The minimum atomic E-state index is 0.855. The molecular weight excluding hydrogens is 138 g/mol. The molecule has 0 N–H and O–H groups in total. The van der Waals surface area contributed by atoms with Crippen molar-refractivity contribution in [1.29, 1.82) is 0 Å². The molecule has 58 valence electrons. The SMILES string of the molecule is Cc1ccc(N2CCO2)cc1. The normalized spacial score (nSPS) is 16.3. The summed E-state index contributed by atoms with van der Waals surface area (Å²) in [7, 11) is 0. The van der Waals surface area contributed by atoms with Crippen LogP contribution in [0.15, 0.2) is 24.3 Å². The molecule has 1 aliphatic heterocycles. The van der Waals surface area contributed by atoms with E-state index in [1.807, 2.05) is 5.06 Å². The van der Waals surface area contributed by atoms with E-state index in [2.05, 4.69) is 31.2 Å². The lowest BCUT2D eigenvalue weighted by Crippen LogP contribution is -2.39. The van der Waals surface area contributed by atoms with Crippen molar-refractivity contribution >= 4 is 5.69 Å². The highest BCUT2D eigenvalue weighted by atomic mass is 16.7. The molecule has 1 heterocycles. The average molecular weight is 149 g/mol. The summed E-state index contributed by atoms with van der Waals surface area (Å²) < 4.78 is 0. The molecule has 2 heteroatoms. The Hall–Kier alpha value is -1.02. The van der Waals surface area contributed by atoms with Crippen LogP contribution in [0.5, 0.6) is 0 Å². The van der Waals surface area contributed by atoms with Crippen LogP contribution in [0.3, 0.4) is 0 Å². The number of hydrogen-bond acceptors (Lipinski definition) is 2. The summed E-state index contributed by atoms with van der Waals surface area (Å²) in [6.07, 6.45) is 0. The third kappa shape index (κ3) is 1.21. The van der Waals surface area contributed by atoms with Gasteiger partial charge in [0.1, 0.15) is 0 Å². The highest BCUT2D eigenvalue weighted by Crippen LogP contribution is 2.18. The predicted octanol–water partition coefficient (Wildman–Crippen LogP) is 1.75. The zero-order valence-electron chi connectivity index (χ0n) is 6.58. The fourth-order valence-corrected chi connectivity index (χ4v) is 1.10. The molecule has 0 atom stereocenters. The molecular formula is C9H11NO. The van der Waals surface area contributed by atoms with Crippen LogP contribution in [-0.2, 0) is 4.84 Å². The lowest BCUT2D eigenvalue weighted by atomic mass is 10.2. The first-order valence-electron chi connectivity index (χ1n) is 3.83. The highest BCUT2D eigenvalue weighted by molar-refractivity contribution is 5.46. The van der Waals surface area contributed by atoms with E-state index in [1.54, 1.807) is 0 Å². The van der Waals surface area contributed by atoms with Crippen LogP contribution in [0.2, 0.25) is 0 Å². The minimum absolute atomic E-state index is 0.855. The molecule has 2 rings (SSSR count). The van der Waals surface area contributed by atoms with Crippen LogP contribution in [-0.4, -0.2) is 13.2 Å². The van der Waals surface area contributed by atoms with Crippen molar-refractivity contribution < 1.29 is 4.84 Å². The molecule has 0 bridgehead atoms. The lowest BCUT2D eigenvalue weighted by Gasteiger charge is -2.31. The van der Waals surface area contributed by atoms with E-state index in [1.165, 1.54) is 5.56 Å². The molecule has 0 saturated carbocycles. The minimum Gasteiger partial charge on any atom is -0.271 e. The van der Waals surface area contributed by atoms with Gasteiger partial charge in [-0.2, -0.15) is 0 Å². The quantitative estimate of drug-likeness (QED) is 0.603. The number of nitrogens with zero attached hydrogens (tertiary/aromatic N) is 1. The number of aryl methyl sites for hydroxylation is 1. The number of rotatable bonds is 1. The van der Waals surface area contributed by atoms with Crippen LogP contribution < -0.4 is 5.06 Å². The van der Waals surface area contributed by atoms with Gasteiger partial charge in [-0.3, -0.25) is 9.90 Å². The van der Waals surface area contributed by atoms with E-state index in [9.17, 15) is 0 Å². The van der Waals surface area contributed by atoms with Crippen molar-refractivity contribution in [1.82, 2.24) is 0 Å². The molecule has 0 unspecified atom stereocenters. The second kappa shape index (κ2) is 2.55. The van der Waals surface area contributed by atoms with Gasteiger partial charge in [-0.1, -0.05) is 17.7 Å². The zero-order chi connectivity index (χ0) is 7.68. The second-order valence-corrected chi connectivity index (χ2v) is 2.77. The molecule has 0 aliphatic carbocycles. The van der Waals surface area contributed by atoms with E-state index >= 15 is 0 Å². The van der Waals surface area contributed by atoms with Crippen molar-refractivity contribution in [3.8, 4) is 0 Å². The van der Waals surface area contributed by atoms with Gasteiger partial charge >= 0.3 is 0 Å². The Morgan fingerprint density at radius 2 is 1.91 bits per heavy atom. The molecule has 0 radical (unpaired) electrons. The summed E-state index contributed by atoms with van der Waals surface area (Å²) in [5.41, 5.74) is 2.44. The molecule has 1 aliphatic rings. The molecule has 1 fully saturated rings. The molecule has 2 nitrogen and oxygen atoms in total. The summed E-state index contributed by atoms with van der Waals surface area (Å²) in [4.78, 5) is 5.19. The van der Waals surface area contributed by atoms with Crippen molar-refractivity contribution in [2.24, 2.45) is 0 Å². The Labute approximate surface area is 66.3 Å². The van der Waals surface area contributed by atoms with Gasteiger partial charge in [-0.05, 0) is 19.1 Å². The largest absolute Gasteiger partial charge is 0.271 e. The van der Waals surface area contributed by atoms with Gasteiger partial charge in [0.05, 0.1) is 18.8 Å². The van der Waals surface area contributed by atoms with E-state index in [4.69, 9.17) is 4.84 Å². The zero-order valence-corrected chi connectivity index (χ0v) is 6.58. The van der Waals surface area contributed by atoms with E-state index in [0.717, 1.165) is 18.8 Å². The summed E-state index contributed by atoms with van der Waals surface area (Å²) >= 11 is 0. The third-order valence-corrected chi connectivity index (χ3v) is 1.86. The smallest absolute Gasteiger partial charge is 0.0949 e. The van der Waals surface area contributed by atoms with Crippen LogP contribution in [0.4, 0.5) is 5.69 Å². The summed E-state index contributed by atoms with van der Waals surface area (Å²) in [5, 5.41) is 1.90. The highest BCUT2D eigenvalue weighted by Gasteiger charge is 2.14. The molecule has 1 aromatic rings. The number of benzene rings is 1. The topological polar surface area (TPSA) is 12.5 Å². The third-order valence-electron chi connectivity index (χ3n) is 1.86. The Bertz CT molecular complexity index is 238. The first-order valence-corrected chi connectivity index (χ1v) is 3.83. The van der Waals surface area contributed by atoms with Crippen LogP contribution >= 0.6 is 0 Å². The van der Waals surface area contributed by atoms with Gasteiger partial charge < -0.3 is 0 Å². The Morgan fingerprint density at radius 3 is 2.36 bits per heavy atom. The van der Waals surface area contributed by atoms with Gasteiger partial charge in [-0.25, -0.2) is 0 Å². The van der Waals surface area contributed by atoms with Gasteiger partial charge in [0.15, 0.2) is 0 Å². The molecule has 11 heavy (non-hydrogen) atoms. The van der Waals surface area contributed by atoms with Crippen LogP contribution in [0, 0.1) is 6.92 Å². The van der Waals surface area contributed by atoms with Crippen LogP contribution in [0.1, 0.15) is 5.56 Å². The maximum Gasteiger partial charge on any atom is 0.0949 e. The monoisotopic (exact) mass is 149 g/mol. The number of hydrogen-bond donors (Lipinski definition) is 0. The fourth-order valence-electron chi connectivity index (χ4n) is 1.10. The van der Waals surface area contributed by atoms with E-state index in [0.29, 0.717) is 0 Å². The van der Waals surface area contributed by atoms with Gasteiger partial charge in [-0.15, -0.1) is 0 Å². The van der Waals surface area contributed by atoms with E-state index in [-0.39, 0.29) is 0 Å². The molecule has 0 spiro atoms. The molecule has 1 saturated heterocycles.